The Morgan fingerprint density at radius 1 is 1.15 bits per heavy atom. The number of amides is 4. The molecular weight excluding hydrogens is 542 g/mol. The Morgan fingerprint density at radius 2 is 1.93 bits per heavy atom. The van der Waals surface area contributed by atoms with Gasteiger partial charge < -0.3 is 30.9 Å². The molecule has 3 unspecified atom stereocenters. The second kappa shape index (κ2) is 16.8. The lowest BCUT2D eigenvalue weighted by molar-refractivity contribution is -0.124. The lowest BCUT2D eigenvalue weighted by atomic mass is 9.71. The van der Waals surface area contributed by atoms with E-state index in [0.29, 0.717) is 49.8 Å². The summed E-state index contributed by atoms with van der Waals surface area (Å²) in [6.45, 7) is 4.18. The van der Waals surface area contributed by atoms with Crippen LogP contribution < -0.4 is 21.3 Å². The average Bonchev–Trinajstić information content (AvgIpc) is 2.99. The molecule has 4 N–H and O–H groups in total. The maximum Gasteiger partial charge on any atom is 0.406 e. The number of alkyl carbamates (subject to hydrolysis) is 1. The number of carbonyl (C=O) groups excluding carboxylic acids is 3. The fraction of sp³-hybridized carbons (Fsp3) is 0.710. The van der Waals surface area contributed by atoms with Crippen LogP contribution in [0.5, 0.6) is 0 Å². The number of nitrogens with one attached hydrogen (secondary N) is 4. The lowest BCUT2D eigenvalue weighted by Gasteiger charge is -2.47. The van der Waals surface area contributed by atoms with E-state index in [4.69, 9.17) is 16.3 Å². The first kappa shape index (κ1) is 33.0. The number of halogens is 1. The van der Waals surface area contributed by atoms with Gasteiger partial charge in [0.2, 0.25) is 5.91 Å². The van der Waals surface area contributed by atoms with E-state index in [1.807, 2.05) is 43.1 Å². The van der Waals surface area contributed by atoms with Crippen molar-refractivity contribution in [1.29, 1.82) is 0 Å². The molecule has 9 nitrogen and oxygen atoms in total. The summed E-state index contributed by atoms with van der Waals surface area (Å²) in [5.41, 5.74) is 0.170. The highest BCUT2D eigenvalue weighted by Gasteiger charge is 2.44. The molecule has 0 spiro atoms. The maximum atomic E-state index is 13.7. The topological polar surface area (TPSA) is 112 Å². The van der Waals surface area contributed by atoms with Gasteiger partial charge in [-0.1, -0.05) is 62.8 Å². The van der Waals surface area contributed by atoms with Crippen molar-refractivity contribution in [3.05, 3.63) is 34.9 Å². The number of benzene rings is 1. The third kappa shape index (κ3) is 9.77. The van der Waals surface area contributed by atoms with E-state index in [2.05, 4.69) is 21.3 Å². The second-order valence-electron chi connectivity index (χ2n) is 11.6. The van der Waals surface area contributed by atoms with Gasteiger partial charge in [-0.05, 0) is 62.8 Å². The first-order valence-electron chi connectivity index (χ1n) is 15.4. The Bertz CT molecular complexity index is 989. The predicted molar refractivity (Wildman–Crippen MR) is 163 cm³/mol. The summed E-state index contributed by atoms with van der Waals surface area (Å²) >= 11 is 6.46. The van der Waals surface area contributed by atoms with Gasteiger partial charge in [0.05, 0.1) is 12.6 Å². The van der Waals surface area contributed by atoms with Gasteiger partial charge >= 0.3 is 12.1 Å². The number of likely N-dealkylation sites (tertiary alicyclic amines) is 1. The van der Waals surface area contributed by atoms with Crippen molar-refractivity contribution >= 4 is 29.6 Å². The fourth-order valence-corrected chi connectivity index (χ4v) is 6.84. The molecule has 1 saturated heterocycles. The van der Waals surface area contributed by atoms with Crippen LogP contribution in [0.1, 0.15) is 83.1 Å². The van der Waals surface area contributed by atoms with Gasteiger partial charge in [0.1, 0.15) is 0 Å². The van der Waals surface area contributed by atoms with Crippen LogP contribution in [0.3, 0.4) is 0 Å². The summed E-state index contributed by atoms with van der Waals surface area (Å²) < 4.78 is 4.73. The molecule has 1 aliphatic heterocycles. The van der Waals surface area contributed by atoms with Crippen LogP contribution in [-0.2, 0) is 15.1 Å². The van der Waals surface area contributed by atoms with Crippen molar-refractivity contribution in [2.24, 2.45) is 11.8 Å². The van der Waals surface area contributed by atoms with E-state index >= 15 is 0 Å². The molecule has 1 aliphatic carbocycles. The molecule has 1 aromatic carbocycles. The third-order valence-corrected chi connectivity index (χ3v) is 8.99. The number of carbonyl (C=O) groups is 3. The van der Waals surface area contributed by atoms with Gasteiger partial charge in [0.15, 0.2) is 0 Å². The molecule has 0 bridgehead atoms. The zero-order valence-corrected chi connectivity index (χ0v) is 25.9. The minimum absolute atomic E-state index is 0.0322. The molecule has 3 atom stereocenters. The number of ether oxygens (including phenoxy) is 1. The summed E-state index contributed by atoms with van der Waals surface area (Å²) in [5, 5.41) is 13.3. The zero-order valence-electron chi connectivity index (χ0n) is 25.1. The van der Waals surface area contributed by atoms with Gasteiger partial charge in [0.25, 0.3) is 0 Å². The Balaban J connectivity index is 1.82. The number of rotatable bonds is 13. The van der Waals surface area contributed by atoms with Gasteiger partial charge in [-0.2, -0.15) is 0 Å². The molecule has 10 heteroatoms. The zero-order chi connectivity index (χ0) is 29.7. The normalized spacial score (nSPS) is 20.0. The largest absolute Gasteiger partial charge is 0.453 e. The van der Waals surface area contributed by atoms with Crippen LogP contribution in [0, 0.1) is 11.8 Å². The number of urea groups is 1. The van der Waals surface area contributed by atoms with Crippen molar-refractivity contribution in [2.45, 2.75) is 89.1 Å². The third-order valence-electron chi connectivity index (χ3n) is 8.75. The first-order chi connectivity index (χ1) is 19.8. The molecule has 1 saturated carbocycles. The molecule has 1 heterocycles. The number of likely N-dealkylation sites (N-methyl/N-ethyl adjacent to an activating group) is 1. The van der Waals surface area contributed by atoms with Crippen LogP contribution in [0.4, 0.5) is 9.59 Å². The van der Waals surface area contributed by atoms with Crippen LogP contribution in [-0.4, -0.2) is 69.3 Å². The van der Waals surface area contributed by atoms with Crippen molar-refractivity contribution in [1.82, 2.24) is 26.2 Å². The molecule has 41 heavy (non-hydrogen) atoms. The van der Waals surface area contributed by atoms with E-state index in [9.17, 15) is 14.4 Å². The second-order valence-corrected chi connectivity index (χ2v) is 12.1. The number of hydrogen-bond donors (Lipinski definition) is 4. The van der Waals surface area contributed by atoms with Crippen LogP contribution in [0.15, 0.2) is 24.3 Å². The number of piperidine rings is 1. The van der Waals surface area contributed by atoms with E-state index < -0.39 is 11.6 Å². The highest BCUT2D eigenvalue weighted by Crippen LogP contribution is 2.40. The van der Waals surface area contributed by atoms with Gasteiger partial charge in [0, 0.05) is 49.6 Å². The van der Waals surface area contributed by atoms with Crippen molar-refractivity contribution in [3.63, 3.8) is 0 Å². The maximum absolute atomic E-state index is 13.7. The van der Waals surface area contributed by atoms with Crippen LogP contribution >= 0.6 is 11.6 Å². The Kier molecular flexibility index (Phi) is 13.5. The predicted octanol–water partition coefficient (Wildman–Crippen LogP) is 5.18. The van der Waals surface area contributed by atoms with E-state index in [1.165, 1.54) is 39.2 Å². The fourth-order valence-electron chi connectivity index (χ4n) is 6.65. The van der Waals surface area contributed by atoms with Gasteiger partial charge in [-0.15, -0.1) is 0 Å². The quantitative estimate of drug-likeness (QED) is 0.236. The van der Waals surface area contributed by atoms with Crippen LogP contribution in [0.25, 0.3) is 0 Å². The molecule has 0 aromatic heterocycles. The van der Waals surface area contributed by atoms with Crippen molar-refractivity contribution in [2.75, 3.05) is 40.3 Å². The molecule has 2 fully saturated rings. The Labute approximate surface area is 250 Å². The van der Waals surface area contributed by atoms with E-state index in [-0.39, 0.29) is 23.9 Å². The molecule has 4 amide bonds. The SMILES string of the molecule is CCC(=O)NC(CCCNC(=O)OC)(c1cccc(Cl)c1)C1CCCN(C(=O)NC(CNC)CC2CCCCC2)C1. The minimum Gasteiger partial charge on any atom is -0.453 e. The average molecular weight is 592 g/mol. The summed E-state index contributed by atoms with van der Waals surface area (Å²) in [4.78, 5) is 40.3. The minimum atomic E-state index is -0.749. The van der Waals surface area contributed by atoms with Crippen LogP contribution in [0.2, 0.25) is 5.02 Å². The number of nitrogens with zero attached hydrogens (tertiary/aromatic N) is 1. The molecule has 2 aliphatic rings. The lowest BCUT2D eigenvalue weighted by Crippen LogP contribution is -2.58. The molecule has 1 aromatic rings. The summed E-state index contributed by atoms with van der Waals surface area (Å²) in [6.07, 6.45) is 10.1. The standard InChI is InChI=1S/C31H50ClN5O4/c1-4-28(38)36-31(16-10-17-34-30(40)41-3,24-13-8-15-26(32)20-24)25-14-9-18-37(22-25)29(39)35-27(21-33-2)19-23-11-6-5-7-12-23/h8,13,15,20,23,25,27,33H,4-7,9-12,14,16-19,21-22H2,1-3H3,(H,34,40)(H,35,39)(H,36,38). The van der Waals surface area contributed by atoms with Gasteiger partial charge in [-0.3, -0.25) is 4.79 Å². The number of hydrogen-bond acceptors (Lipinski definition) is 5. The molecule has 3 rings (SSSR count). The van der Waals surface area contributed by atoms with Gasteiger partial charge in [-0.25, -0.2) is 9.59 Å². The Morgan fingerprint density at radius 3 is 2.61 bits per heavy atom. The highest BCUT2D eigenvalue weighted by molar-refractivity contribution is 6.30. The van der Waals surface area contributed by atoms with E-state index in [0.717, 1.165) is 31.4 Å². The summed E-state index contributed by atoms with van der Waals surface area (Å²) in [7, 11) is 3.27. The summed E-state index contributed by atoms with van der Waals surface area (Å²) in [5.74, 6) is 0.569. The monoisotopic (exact) mass is 591 g/mol. The first-order valence-corrected chi connectivity index (χ1v) is 15.8. The van der Waals surface area contributed by atoms with Crippen molar-refractivity contribution in [3.8, 4) is 0 Å². The Hall–Kier alpha value is -2.52. The smallest absolute Gasteiger partial charge is 0.406 e. The van der Waals surface area contributed by atoms with E-state index in [1.54, 1.807) is 0 Å². The summed E-state index contributed by atoms with van der Waals surface area (Å²) in [6, 6.07) is 7.68. The highest BCUT2D eigenvalue weighted by atomic mass is 35.5. The molecule has 230 valence electrons. The van der Waals surface area contributed by atoms with Crippen molar-refractivity contribution < 1.29 is 19.1 Å². The molecular formula is C31H50ClN5O4. The molecule has 0 radical (unpaired) electrons. The number of methoxy groups -OCH3 is 1.